The fraction of sp³-hybridized carbons (Fsp3) is 0.318. The molecule has 158 valence electrons. The van der Waals surface area contributed by atoms with Crippen LogP contribution in [0.4, 0.5) is 16.2 Å². The lowest BCUT2D eigenvalue weighted by Crippen LogP contribution is -2.31. The molecule has 1 aliphatic heterocycles. The van der Waals surface area contributed by atoms with Gasteiger partial charge in [0.05, 0.1) is 7.11 Å². The monoisotopic (exact) mass is 410 g/mol. The van der Waals surface area contributed by atoms with E-state index in [2.05, 4.69) is 16.0 Å². The minimum Gasteiger partial charge on any atom is -0.497 e. The molecule has 0 aliphatic carbocycles. The lowest BCUT2D eigenvalue weighted by Gasteiger charge is -2.16. The molecular formula is C22H26N4O4. The van der Waals surface area contributed by atoms with Crippen LogP contribution in [-0.2, 0) is 16.1 Å². The molecular weight excluding hydrogens is 384 g/mol. The van der Waals surface area contributed by atoms with Crippen LogP contribution in [0.2, 0.25) is 0 Å². The number of carbonyl (C=O) groups excluding carboxylic acids is 3. The molecule has 0 unspecified atom stereocenters. The van der Waals surface area contributed by atoms with E-state index in [9.17, 15) is 14.4 Å². The maximum atomic E-state index is 12.2. The highest BCUT2D eigenvalue weighted by Gasteiger charge is 2.20. The minimum absolute atomic E-state index is 0.144. The van der Waals surface area contributed by atoms with E-state index in [4.69, 9.17) is 4.74 Å². The number of amides is 4. The van der Waals surface area contributed by atoms with Gasteiger partial charge in [0.1, 0.15) is 5.75 Å². The van der Waals surface area contributed by atoms with E-state index >= 15 is 0 Å². The highest BCUT2D eigenvalue weighted by Crippen LogP contribution is 2.17. The highest BCUT2D eigenvalue weighted by atomic mass is 16.5. The van der Waals surface area contributed by atoms with E-state index in [0.29, 0.717) is 30.1 Å². The van der Waals surface area contributed by atoms with Gasteiger partial charge in [-0.2, -0.15) is 0 Å². The van der Waals surface area contributed by atoms with Crippen molar-refractivity contribution in [3.05, 3.63) is 54.1 Å². The molecule has 1 heterocycles. The van der Waals surface area contributed by atoms with Crippen LogP contribution in [0.15, 0.2) is 48.5 Å². The zero-order valence-electron chi connectivity index (χ0n) is 16.9. The predicted molar refractivity (Wildman–Crippen MR) is 114 cm³/mol. The summed E-state index contributed by atoms with van der Waals surface area (Å²) in [4.78, 5) is 37.7. The molecule has 0 atom stereocenters. The van der Waals surface area contributed by atoms with E-state index < -0.39 is 0 Å². The van der Waals surface area contributed by atoms with Gasteiger partial charge in [-0.05, 0) is 48.4 Å². The van der Waals surface area contributed by atoms with Crippen molar-refractivity contribution in [2.24, 2.45) is 0 Å². The van der Waals surface area contributed by atoms with Gasteiger partial charge in [-0.15, -0.1) is 0 Å². The van der Waals surface area contributed by atoms with Crippen LogP contribution in [0.25, 0.3) is 0 Å². The van der Waals surface area contributed by atoms with Crippen LogP contribution in [-0.4, -0.2) is 42.9 Å². The molecule has 1 saturated heterocycles. The van der Waals surface area contributed by atoms with Crippen LogP contribution >= 0.6 is 0 Å². The summed E-state index contributed by atoms with van der Waals surface area (Å²) in [7, 11) is 1.57. The Balaban J connectivity index is 1.40. The molecule has 8 nitrogen and oxygen atoms in total. The van der Waals surface area contributed by atoms with Crippen LogP contribution in [0, 0.1) is 0 Å². The largest absolute Gasteiger partial charge is 0.497 e. The number of hydrogen-bond donors (Lipinski definition) is 3. The number of nitrogens with zero attached hydrogens (tertiary/aromatic N) is 1. The van der Waals surface area contributed by atoms with Crippen LogP contribution < -0.4 is 20.7 Å². The van der Waals surface area contributed by atoms with E-state index in [1.807, 2.05) is 23.1 Å². The lowest BCUT2D eigenvalue weighted by molar-refractivity contribution is -0.128. The Morgan fingerprint density at radius 1 is 1.07 bits per heavy atom. The third-order valence-electron chi connectivity index (χ3n) is 4.74. The molecule has 2 aromatic rings. The molecule has 3 rings (SSSR count). The molecule has 4 amide bonds. The average Bonchev–Trinajstić information content (AvgIpc) is 3.13. The van der Waals surface area contributed by atoms with Crippen molar-refractivity contribution in [2.45, 2.75) is 25.8 Å². The maximum absolute atomic E-state index is 12.2. The Morgan fingerprint density at radius 2 is 1.87 bits per heavy atom. The van der Waals surface area contributed by atoms with Gasteiger partial charge in [-0.25, -0.2) is 4.79 Å². The SMILES string of the molecule is COc1ccc(NC(=O)NCCC(=O)Nc2cccc(CN3CCCC3=O)c2)cc1. The number of urea groups is 1. The van der Waals surface area contributed by atoms with Crippen molar-refractivity contribution in [3.8, 4) is 5.75 Å². The van der Waals surface area contributed by atoms with Gasteiger partial charge in [-0.3, -0.25) is 9.59 Å². The molecule has 0 spiro atoms. The number of likely N-dealkylation sites (tertiary alicyclic amines) is 1. The molecule has 0 saturated carbocycles. The van der Waals surface area contributed by atoms with Gasteiger partial charge in [0.15, 0.2) is 0 Å². The zero-order chi connectivity index (χ0) is 21.3. The van der Waals surface area contributed by atoms with Gasteiger partial charge < -0.3 is 25.6 Å². The lowest BCUT2D eigenvalue weighted by atomic mass is 10.2. The second-order valence-electron chi connectivity index (χ2n) is 7.03. The van der Waals surface area contributed by atoms with Crippen LogP contribution in [0.1, 0.15) is 24.8 Å². The van der Waals surface area contributed by atoms with Crippen molar-refractivity contribution >= 4 is 29.2 Å². The Morgan fingerprint density at radius 3 is 2.57 bits per heavy atom. The molecule has 8 heteroatoms. The molecule has 1 fully saturated rings. The Kier molecular flexibility index (Phi) is 7.26. The van der Waals surface area contributed by atoms with Gasteiger partial charge in [0.2, 0.25) is 11.8 Å². The molecule has 0 bridgehead atoms. The summed E-state index contributed by atoms with van der Waals surface area (Å²) in [6, 6.07) is 14.0. The molecule has 2 aromatic carbocycles. The minimum atomic E-state index is -0.384. The van der Waals surface area contributed by atoms with E-state index in [0.717, 1.165) is 18.5 Å². The number of rotatable bonds is 8. The first kappa shape index (κ1) is 21.2. The molecule has 1 aliphatic rings. The smallest absolute Gasteiger partial charge is 0.319 e. The summed E-state index contributed by atoms with van der Waals surface area (Å²) in [5, 5.41) is 8.17. The number of ether oxygens (including phenoxy) is 1. The number of anilines is 2. The molecule has 3 N–H and O–H groups in total. The second kappa shape index (κ2) is 10.3. The van der Waals surface area contributed by atoms with Crippen molar-refractivity contribution in [1.29, 1.82) is 0 Å². The Bertz CT molecular complexity index is 898. The average molecular weight is 410 g/mol. The fourth-order valence-corrected chi connectivity index (χ4v) is 3.20. The van der Waals surface area contributed by atoms with Gasteiger partial charge in [-0.1, -0.05) is 12.1 Å². The maximum Gasteiger partial charge on any atom is 0.319 e. The first-order valence-corrected chi connectivity index (χ1v) is 9.89. The summed E-state index contributed by atoms with van der Waals surface area (Å²) in [6.07, 6.45) is 1.65. The normalized spacial score (nSPS) is 13.1. The first-order valence-electron chi connectivity index (χ1n) is 9.89. The Labute approximate surface area is 175 Å². The number of benzene rings is 2. The topological polar surface area (TPSA) is 99.8 Å². The number of nitrogens with one attached hydrogen (secondary N) is 3. The first-order chi connectivity index (χ1) is 14.5. The van der Waals surface area contributed by atoms with E-state index in [1.54, 1.807) is 37.4 Å². The van der Waals surface area contributed by atoms with Crippen LogP contribution in [0.3, 0.4) is 0 Å². The second-order valence-corrected chi connectivity index (χ2v) is 7.03. The molecule has 30 heavy (non-hydrogen) atoms. The predicted octanol–water partition coefficient (Wildman–Crippen LogP) is 2.97. The zero-order valence-corrected chi connectivity index (χ0v) is 16.9. The van der Waals surface area contributed by atoms with E-state index in [1.165, 1.54) is 0 Å². The summed E-state index contributed by atoms with van der Waals surface area (Å²) in [5.74, 6) is 0.673. The standard InChI is InChI=1S/C22H26N4O4/c1-30-19-9-7-17(8-10-19)25-22(29)23-12-11-20(27)24-18-5-2-4-16(14-18)15-26-13-3-6-21(26)28/h2,4-5,7-10,14H,3,6,11-13,15H2,1H3,(H,24,27)(H2,23,25,29). The quantitative estimate of drug-likeness (QED) is 0.623. The summed E-state index contributed by atoms with van der Waals surface area (Å²) in [5.41, 5.74) is 2.28. The fourth-order valence-electron chi connectivity index (χ4n) is 3.20. The van der Waals surface area contributed by atoms with Crippen molar-refractivity contribution in [2.75, 3.05) is 30.8 Å². The summed E-state index contributed by atoms with van der Waals surface area (Å²) < 4.78 is 5.07. The molecule has 0 radical (unpaired) electrons. The third-order valence-corrected chi connectivity index (χ3v) is 4.74. The highest BCUT2D eigenvalue weighted by molar-refractivity contribution is 5.92. The van der Waals surface area contributed by atoms with E-state index in [-0.39, 0.29) is 30.8 Å². The van der Waals surface area contributed by atoms with Crippen molar-refractivity contribution < 1.29 is 19.1 Å². The summed E-state index contributed by atoms with van der Waals surface area (Å²) in [6.45, 7) is 1.53. The van der Waals surface area contributed by atoms with Gasteiger partial charge in [0.25, 0.3) is 0 Å². The van der Waals surface area contributed by atoms with Gasteiger partial charge >= 0.3 is 6.03 Å². The Hall–Kier alpha value is -3.55. The molecule has 0 aromatic heterocycles. The third kappa shape index (κ3) is 6.23. The number of carbonyl (C=O) groups is 3. The van der Waals surface area contributed by atoms with Crippen molar-refractivity contribution in [3.63, 3.8) is 0 Å². The van der Waals surface area contributed by atoms with Crippen LogP contribution in [0.5, 0.6) is 5.75 Å². The number of methoxy groups -OCH3 is 1. The number of hydrogen-bond acceptors (Lipinski definition) is 4. The van der Waals surface area contributed by atoms with Gasteiger partial charge in [0, 0.05) is 43.9 Å². The summed E-state index contributed by atoms with van der Waals surface area (Å²) >= 11 is 0. The van der Waals surface area contributed by atoms with Crippen molar-refractivity contribution in [1.82, 2.24) is 10.2 Å².